The maximum Gasteiger partial charge on any atom is 0.227 e. The Bertz CT molecular complexity index is 448. The summed E-state index contributed by atoms with van der Waals surface area (Å²) in [5.41, 5.74) is 0.828. The van der Waals surface area contributed by atoms with E-state index in [-0.39, 0.29) is 5.78 Å². The van der Waals surface area contributed by atoms with Crippen molar-refractivity contribution < 1.29 is 9.35 Å². The molecule has 1 aromatic rings. The van der Waals surface area contributed by atoms with E-state index in [0.717, 1.165) is 11.3 Å². The zero-order valence-corrected chi connectivity index (χ0v) is 10.9. The van der Waals surface area contributed by atoms with Crippen LogP contribution in [0.25, 0.3) is 0 Å². The summed E-state index contributed by atoms with van der Waals surface area (Å²) >= 11 is -0.0642. The lowest BCUT2D eigenvalue weighted by molar-refractivity contribution is 0.102. The summed E-state index contributed by atoms with van der Waals surface area (Å²) in [7, 11) is 1.65. The first-order chi connectivity index (χ1) is 7.56. The highest BCUT2D eigenvalue weighted by Crippen LogP contribution is 2.36. The average Bonchev–Trinajstić information content (AvgIpc) is 2.66. The van der Waals surface area contributed by atoms with E-state index in [0.29, 0.717) is 26.1 Å². The van der Waals surface area contributed by atoms with Crippen molar-refractivity contribution >= 4 is 34.0 Å². The van der Waals surface area contributed by atoms with Gasteiger partial charge in [-0.15, -0.1) is 0 Å². The molecule has 0 aliphatic rings. The minimum absolute atomic E-state index is 0.120. The average molecular weight is 256 g/mol. The summed E-state index contributed by atoms with van der Waals surface area (Å²) in [6, 6.07) is 2.01. The van der Waals surface area contributed by atoms with Crippen LogP contribution in [0.5, 0.6) is 0 Å². The molecule has 0 aromatic carbocycles. The van der Waals surface area contributed by atoms with Crippen molar-refractivity contribution in [2.75, 3.05) is 18.1 Å². The highest BCUT2D eigenvalue weighted by atomic mass is 32.2. The first-order valence-electron chi connectivity index (χ1n) is 4.70. The summed E-state index contributed by atoms with van der Waals surface area (Å²) in [5, 5.41) is 11.9. The van der Waals surface area contributed by atoms with E-state index in [1.807, 2.05) is 6.07 Å². The van der Waals surface area contributed by atoms with Crippen molar-refractivity contribution in [2.24, 2.45) is 0 Å². The van der Waals surface area contributed by atoms with E-state index in [1.54, 1.807) is 14.0 Å². The number of nitrogens with zero attached hydrogens (tertiary/aromatic N) is 1. The van der Waals surface area contributed by atoms with Gasteiger partial charge in [0, 0.05) is 14.0 Å². The molecule has 0 amide bonds. The zero-order chi connectivity index (χ0) is 12.3. The Balaban J connectivity index is 3.42. The summed E-state index contributed by atoms with van der Waals surface area (Å²) in [6.45, 7) is 3.22. The first kappa shape index (κ1) is 13.0. The fourth-order valence-corrected chi connectivity index (χ4v) is 3.79. The second kappa shape index (κ2) is 5.34. The molecule has 0 aliphatic carbocycles. The molecule has 6 heteroatoms. The van der Waals surface area contributed by atoms with Crippen LogP contribution in [0.4, 0.5) is 5.69 Å². The van der Waals surface area contributed by atoms with Gasteiger partial charge in [0.1, 0.15) is 17.4 Å². The topological polar surface area (TPSA) is 75.9 Å². The van der Waals surface area contributed by atoms with Gasteiger partial charge in [0.05, 0.1) is 10.6 Å². The molecule has 0 saturated carbocycles. The number of hydrogen-bond acceptors (Lipinski definition) is 5. The van der Waals surface area contributed by atoms with E-state index in [4.69, 9.17) is 5.26 Å². The molecule has 1 unspecified atom stereocenters. The third-order valence-electron chi connectivity index (χ3n) is 2.03. The number of carbonyl (C=O) groups excluding carboxylic acids is 1. The Kier molecular flexibility index (Phi) is 4.35. The molecular formula is C10H12N2O2S2. The summed E-state index contributed by atoms with van der Waals surface area (Å²) in [4.78, 5) is 11.8. The Morgan fingerprint density at radius 2 is 2.31 bits per heavy atom. The molecule has 0 aliphatic heterocycles. The smallest absolute Gasteiger partial charge is 0.227 e. The predicted molar refractivity (Wildman–Crippen MR) is 65.5 cm³/mol. The fourth-order valence-electron chi connectivity index (χ4n) is 1.29. The Morgan fingerprint density at radius 3 is 2.69 bits per heavy atom. The predicted octanol–water partition coefficient (Wildman–Crippen LogP) is 1.99. The van der Waals surface area contributed by atoms with Crippen LogP contribution in [-0.4, -0.2) is 23.1 Å². The third-order valence-corrected chi connectivity index (χ3v) is 5.06. The van der Waals surface area contributed by atoms with Crippen LogP contribution >= 0.6 is 11.3 Å². The van der Waals surface area contributed by atoms with Crippen LogP contribution in [0.1, 0.15) is 29.1 Å². The van der Waals surface area contributed by atoms with E-state index in [1.165, 1.54) is 6.92 Å². The van der Waals surface area contributed by atoms with E-state index >= 15 is 0 Å². The standard InChI is InChI=1S/C10H12N2O2S2/c1-4-16(14)10-7(5-11)8(12-3)9(15-10)6(2)13/h12H,4H2,1-3H3. The van der Waals surface area contributed by atoms with Gasteiger partial charge in [-0.1, -0.05) is 11.3 Å². The van der Waals surface area contributed by atoms with Gasteiger partial charge >= 0.3 is 0 Å². The number of carbonyl (C=O) groups is 1. The van der Waals surface area contributed by atoms with Crippen molar-refractivity contribution in [3.8, 4) is 6.07 Å². The molecule has 0 radical (unpaired) electrons. The van der Waals surface area contributed by atoms with Gasteiger partial charge in [-0.25, -0.2) is 0 Å². The molecular weight excluding hydrogens is 244 g/mol. The Morgan fingerprint density at radius 1 is 1.69 bits per heavy atom. The van der Waals surface area contributed by atoms with Crippen LogP contribution in [-0.2, 0) is 11.2 Å². The van der Waals surface area contributed by atoms with Crippen molar-refractivity contribution in [2.45, 2.75) is 18.1 Å². The third kappa shape index (κ3) is 2.21. The number of anilines is 1. The van der Waals surface area contributed by atoms with Gasteiger partial charge in [-0.2, -0.15) is 5.26 Å². The van der Waals surface area contributed by atoms with Crippen molar-refractivity contribution in [1.82, 2.24) is 0 Å². The minimum atomic E-state index is -1.21. The van der Waals surface area contributed by atoms with Crippen LogP contribution in [0.3, 0.4) is 0 Å². The Hall–Kier alpha value is -1.03. The molecule has 86 valence electrons. The Labute approximate surface area is 101 Å². The van der Waals surface area contributed by atoms with Gasteiger partial charge in [-0.3, -0.25) is 4.79 Å². The molecule has 16 heavy (non-hydrogen) atoms. The molecule has 4 nitrogen and oxygen atoms in total. The fraction of sp³-hybridized carbons (Fsp3) is 0.400. The summed E-state index contributed by atoms with van der Waals surface area (Å²) in [6.07, 6.45) is 0. The van der Waals surface area contributed by atoms with Crippen LogP contribution in [0, 0.1) is 11.3 Å². The van der Waals surface area contributed by atoms with E-state index < -0.39 is 11.2 Å². The second-order valence-corrected chi connectivity index (χ2v) is 5.98. The lowest BCUT2D eigenvalue weighted by Gasteiger charge is -2.04. The van der Waals surface area contributed by atoms with Crippen LogP contribution < -0.4 is 5.32 Å². The van der Waals surface area contributed by atoms with E-state index in [2.05, 4.69) is 5.32 Å². The highest BCUT2D eigenvalue weighted by molar-refractivity contribution is 7.93. The van der Waals surface area contributed by atoms with Gasteiger partial charge in [0.25, 0.3) is 0 Å². The van der Waals surface area contributed by atoms with E-state index in [9.17, 15) is 9.35 Å². The van der Waals surface area contributed by atoms with Crippen LogP contribution in [0.15, 0.2) is 4.21 Å². The van der Waals surface area contributed by atoms with Gasteiger partial charge < -0.3 is 9.87 Å². The maximum absolute atomic E-state index is 11.7. The molecule has 0 fully saturated rings. The molecule has 0 bridgehead atoms. The highest BCUT2D eigenvalue weighted by Gasteiger charge is 2.26. The number of ketones is 1. The quantitative estimate of drug-likeness (QED) is 0.660. The second-order valence-electron chi connectivity index (χ2n) is 3.02. The number of nitrogens with one attached hydrogen (secondary N) is 1. The number of Topliss-reactive ketones (excluding diaryl/α,β-unsaturated/α-hetero) is 1. The lowest BCUT2D eigenvalue weighted by Crippen LogP contribution is -2.03. The lowest BCUT2D eigenvalue weighted by atomic mass is 10.2. The molecule has 0 spiro atoms. The zero-order valence-electron chi connectivity index (χ0n) is 9.29. The first-order valence-corrected chi connectivity index (χ1v) is 6.84. The van der Waals surface area contributed by atoms with Crippen molar-refractivity contribution in [3.05, 3.63) is 10.4 Å². The molecule has 1 N–H and O–H groups in total. The largest absolute Gasteiger partial charge is 0.611 e. The molecule has 1 aromatic heterocycles. The SMILES string of the molecule is CC[S+]([O-])c1sc(C(C)=O)c(NC)c1C#N. The molecule has 1 heterocycles. The number of rotatable bonds is 4. The minimum Gasteiger partial charge on any atom is -0.611 e. The molecule has 1 atom stereocenters. The van der Waals surface area contributed by atoms with Gasteiger partial charge in [-0.05, 0) is 18.1 Å². The number of hydrogen-bond donors (Lipinski definition) is 1. The van der Waals surface area contributed by atoms with Gasteiger partial charge in [0.2, 0.25) is 4.21 Å². The molecule has 1 rings (SSSR count). The number of thiophene rings is 1. The van der Waals surface area contributed by atoms with Crippen LogP contribution in [0.2, 0.25) is 0 Å². The monoisotopic (exact) mass is 256 g/mol. The number of nitriles is 1. The van der Waals surface area contributed by atoms with Crippen molar-refractivity contribution in [1.29, 1.82) is 5.26 Å². The summed E-state index contributed by atoms with van der Waals surface area (Å²) < 4.78 is 12.2. The maximum atomic E-state index is 11.7. The normalized spacial score (nSPS) is 11.9. The van der Waals surface area contributed by atoms with Crippen molar-refractivity contribution in [3.63, 3.8) is 0 Å². The molecule has 0 saturated heterocycles. The summed E-state index contributed by atoms with van der Waals surface area (Å²) in [5.74, 6) is 0.320. The van der Waals surface area contributed by atoms with Gasteiger partial charge in [0.15, 0.2) is 5.78 Å².